The van der Waals surface area contributed by atoms with E-state index in [1.807, 2.05) is 19.1 Å². The zero-order valence-electron chi connectivity index (χ0n) is 18.2. The van der Waals surface area contributed by atoms with Gasteiger partial charge in [-0.05, 0) is 55.0 Å². The van der Waals surface area contributed by atoms with E-state index in [2.05, 4.69) is 21.2 Å². The third-order valence-corrected chi connectivity index (χ3v) is 5.61. The van der Waals surface area contributed by atoms with Gasteiger partial charge in [0, 0.05) is 28.8 Å². The predicted octanol–water partition coefficient (Wildman–Crippen LogP) is 3.94. The fourth-order valence-corrected chi connectivity index (χ4v) is 3.53. The number of unbranched alkanes of at least 4 members (excludes halogenated alkanes) is 1. The molecule has 3 rings (SSSR count). The minimum Gasteiger partial charge on any atom is -0.462 e. The van der Waals surface area contributed by atoms with E-state index in [-0.39, 0.29) is 18.9 Å². The van der Waals surface area contributed by atoms with E-state index in [1.54, 1.807) is 36.4 Å². The fourth-order valence-electron chi connectivity index (χ4n) is 3.27. The SMILES string of the molecule is CCCCOC(=O)c1ccc(NC(=O)COC(=O)[C@H]2CC(=O)N(c3ccc(Br)cc3)C2)cc1. The molecule has 1 heterocycles. The number of amides is 2. The number of esters is 2. The Bertz CT molecular complexity index is 1010. The van der Waals surface area contributed by atoms with Gasteiger partial charge in [0.15, 0.2) is 6.61 Å². The number of carbonyl (C=O) groups is 4. The lowest BCUT2D eigenvalue weighted by molar-refractivity contribution is -0.151. The Hall–Kier alpha value is -3.20. The van der Waals surface area contributed by atoms with E-state index in [9.17, 15) is 19.2 Å². The molecule has 0 aliphatic carbocycles. The molecular formula is C24H25BrN2O6. The molecule has 0 radical (unpaired) electrons. The minimum absolute atomic E-state index is 0.0341. The maximum absolute atomic E-state index is 12.4. The molecule has 1 aliphatic heterocycles. The van der Waals surface area contributed by atoms with Crippen LogP contribution in [0.2, 0.25) is 0 Å². The second-order valence-corrected chi connectivity index (χ2v) is 8.52. The third kappa shape index (κ3) is 6.89. The summed E-state index contributed by atoms with van der Waals surface area (Å²) < 4.78 is 11.1. The van der Waals surface area contributed by atoms with E-state index in [1.165, 1.54) is 4.90 Å². The van der Waals surface area contributed by atoms with Gasteiger partial charge in [-0.3, -0.25) is 14.4 Å². The second-order valence-electron chi connectivity index (χ2n) is 7.60. The Labute approximate surface area is 200 Å². The second kappa shape index (κ2) is 11.6. The number of hydrogen-bond acceptors (Lipinski definition) is 6. The van der Waals surface area contributed by atoms with Gasteiger partial charge in [0.2, 0.25) is 5.91 Å². The Morgan fingerprint density at radius 1 is 1.06 bits per heavy atom. The van der Waals surface area contributed by atoms with Crippen LogP contribution < -0.4 is 10.2 Å². The number of carbonyl (C=O) groups excluding carboxylic acids is 4. The van der Waals surface area contributed by atoms with Gasteiger partial charge in [-0.15, -0.1) is 0 Å². The first kappa shape index (κ1) is 24.4. The van der Waals surface area contributed by atoms with Gasteiger partial charge in [-0.25, -0.2) is 4.79 Å². The number of ether oxygens (including phenoxy) is 2. The average molecular weight is 517 g/mol. The Kier molecular flexibility index (Phi) is 8.59. The lowest BCUT2D eigenvalue weighted by Crippen LogP contribution is -2.28. The minimum atomic E-state index is -0.632. The normalized spacial score (nSPS) is 15.3. The first-order chi connectivity index (χ1) is 15.9. The van der Waals surface area contributed by atoms with Gasteiger partial charge in [-0.2, -0.15) is 0 Å². The largest absolute Gasteiger partial charge is 0.462 e. The number of halogens is 1. The van der Waals surface area contributed by atoms with Crippen molar-refractivity contribution in [3.8, 4) is 0 Å². The zero-order chi connectivity index (χ0) is 23.8. The Morgan fingerprint density at radius 3 is 2.42 bits per heavy atom. The maximum atomic E-state index is 12.4. The molecule has 33 heavy (non-hydrogen) atoms. The molecule has 1 atom stereocenters. The standard InChI is InChI=1S/C24H25BrN2O6/c1-2-3-12-32-23(30)16-4-8-19(9-5-16)26-21(28)15-33-24(31)17-13-22(29)27(14-17)20-10-6-18(25)7-11-20/h4-11,17H,2-3,12-15H2,1H3,(H,26,28)/t17-/m0/s1. The summed E-state index contributed by atoms with van der Waals surface area (Å²) >= 11 is 3.35. The highest BCUT2D eigenvalue weighted by Crippen LogP contribution is 2.27. The van der Waals surface area contributed by atoms with E-state index < -0.39 is 30.4 Å². The molecule has 2 aromatic carbocycles. The van der Waals surface area contributed by atoms with Crippen molar-refractivity contribution in [2.45, 2.75) is 26.2 Å². The summed E-state index contributed by atoms with van der Waals surface area (Å²) in [6.07, 6.45) is 1.77. The molecule has 8 nitrogen and oxygen atoms in total. The molecule has 9 heteroatoms. The summed E-state index contributed by atoms with van der Waals surface area (Å²) in [5.74, 6) is -2.33. The molecule has 1 aliphatic rings. The van der Waals surface area contributed by atoms with Crippen LogP contribution in [0.4, 0.5) is 11.4 Å². The van der Waals surface area contributed by atoms with Gasteiger partial charge in [0.1, 0.15) is 0 Å². The molecule has 2 amide bonds. The molecule has 0 aromatic heterocycles. The lowest BCUT2D eigenvalue weighted by atomic mass is 10.1. The molecule has 1 N–H and O–H groups in total. The van der Waals surface area contributed by atoms with Crippen LogP contribution in [-0.4, -0.2) is 43.5 Å². The molecule has 0 spiro atoms. The molecule has 0 unspecified atom stereocenters. The maximum Gasteiger partial charge on any atom is 0.338 e. The molecule has 0 bridgehead atoms. The number of hydrogen-bond donors (Lipinski definition) is 1. The van der Waals surface area contributed by atoms with Gasteiger partial charge < -0.3 is 19.7 Å². The van der Waals surface area contributed by atoms with Gasteiger partial charge in [0.05, 0.1) is 18.1 Å². The molecule has 0 saturated carbocycles. The highest BCUT2D eigenvalue weighted by Gasteiger charge is 2.36. The first-order valence-corrected chi connectivity index (χ1v) is 11.5. The van der Waals surface area contributed by atoms with Crippen LogP contribution in [0, 0.1) is 5.92 Å². The average Bonchev–Trinajstić information content (AvgIpc) is 3.20. The molecule has 1 saturated heterocycles. The highest BCUT2D eigenvalue weighted by atomic mass is 79.9. The van der Waals surface area contributed by atoms with Crippen molar-refractivity contribution in [1.82, 2.24) is 0 Å². The van der Waals surface area contributed by atoms with Crippen LogP contribution >= 0.6 is 15.9 Å². The zero-order valence-corrected chi connectivity index (χ0v) is 19.8. The number of rotatable bonds is 9. The molecule has 1 fully saturated rings. The van der Waals surface area contributed by atoms with Crippen molar-refractivity contribution in [2.75, 3.05) is 30.0 Å². The monoisotopic (exact) mass is 516 g/mol. The molecule has 2 aromatic rings. The number of benzene rings is 2. The van der Waals surface area contributed by atoms with Crippen LogP contribution in [0.25, 0.3) is 0 Å². The Balaban J connectivity index is 1.45. The van der Waals surface area contributed by atoms with Gasteiger partial charge in [-0.1, -0.05) is 29.3 Å². The smallest absolute Gasteiger partial charge is 0.338 e. The molecular weight excluding hydrogens is 492 g/mol. The summed E-state index contributed by atoms with van der Waals surface area (Å²) in [4.78, 5) is 50.3. The number of anilines is 2. The van der Waals surface area contributed by atoms with Crippen molar-refractivity contribution >= 4 is 51.1 Å². The highest BCUT2D eigenvalue weighted by molar-refractivity contribution is 9.10. The number of nitrogens with one attached hydrogen (secondary N) is 1. The van der Waals surface area contributed by atoms with Gasteiger partial charge in [0.25, 0.3) is 5.91 Å². The van der Waals surface area contributed by atoms with E-state index in [4.69, 9.17) is 9.47 Å². The summed E-state index contributed by atoms with van der Waals surface area (Å²) in [5.41, 5.74) is 1.55. The van der Waals surface area contributed by atoms with E-state index in [0.717, 1.165) is 17.3 Å². The van der Waals surface area contributed by atoms with E-state index >= 15 is 0 Å². The lowest BCUT2D eigenvalue weighted by Gasteiger charge is -2.16. The summed E-state index contributed by atoms with van der Waals surface area (Å²) in [7, 11) is 0. The number of nitrogens with zero attached hydrogens (tertiary/aromatic N) is 1. The Morgan fingerprint density at radius 2 is 1.76 bits per heavy atom. The van der Waals surface area contributed by atoms with Crippen LogP contribution in [0.3, 0.4) is 0 Å². The van der Waals surface area contributed by atoms with Crippen molar-refractivity contribution in [2.24, 2.45) is 5.92 Å². The first-order valence-electron chi connectivity index (χ1n) is 10.7. The van der Waals surface area contributed by atoms with Crippen molar-refractivity contribution in [3.05, 3.63) is 58.6 Å². The fraction of sp³-hybridized carbons (Fsp3) is 0.333. The van der Waals surface area contributed by atoms with E-state index in [0.29, 0.717) is 23.5 Å². The predicted molar refractivity (Wildman–Crippen MR) is 126 cm³/mol. The molecule has 174 valence electrons. The van der Waals surface area contributed by atoms with Crippen molar-refractivity contribution in [3.63, 3.8) is 0 Å². The quantitative estimate of drug-likeness (QED) is 0.400. The van der Waals surface area contributed by atoms with Crippen LogP contribution in [0.1, 0.15) is 36.5 Å². The van der Waals surface area contributed by atoms with Crippen LogP contribution in [0.15, 0.2) is 53.0 Å². The topological polar surface area (TPSA) is 102 Å². The van der Waals surface area contributed by atoms with Crippen LogP contribution in [-0.2, 0) is 23.9 Å². The summed E-state index contributed by atoms with van der Waals surface area (Å²) in [6.45, 7) is 2.11. The van der Waals surface area contributed by atoms with Crippen molar-refractivity contribution in [1.29, 1.82) is 0 Å². The van der Waals surface area contributed by atoms with Gasteiger partial charge >= 0.3 is 11.9 Å². The summed E-state index contributed by atoms with van der Waals surface area (Å²) in [6, 6.07) is 13.5. The van der Waals surface area contributed by atoms with Crippen LogP contribution in [0.5, 0.6) is 0 Å². The van der Waals surface area contributed by atoms with Crippen molar-refractivity contribution < 1.29 is 28.7 Å². The third-order valence-electron chi connectivity index (χ3n) is 5.08. The summed E-state index contributed by atoms with van der Waals surface area (Å²) in [5, 5.41) is 2.60.